The molecule has 0 aliphatic carbocycles. The molecule has 10 aromatic carbocycles. The minimum Gasteiger partial charge on any atom is -0.452 e. The standard InChI is InChI=1S/C54H32O2/c1-3-13-33(14-4-1)45-27-35-17-7-9-19-37(35)29-47(45)39-23-25-43-49(31-39)55-53-51(43)41-21-11-12-22-42(41)52-44-26-24-40(32-50(44)56-54(52)53)48-30-38-20-10-8-18-36(38)28-46(48)34-15-5-2-6-16-34/h1-32H. The van der Waals surface area contributed by atoms with Crippen LogP contribution in [0, 0.1) is 0 Å². The van der Waals surface area contributed by atoms with Gasteiger partial charge in [-0.1, -0.05) is 146 Å². The van der Waals surface area contributed by atoms with Crippen LogP contribution in [-0.4, -0.2) is 0 Å². The number of fused-ring (bicyclic) bond motifs is 12. The molecular weight excluding hydrogens is 681 g/mol. The molecule has 0 unspecified atom stereocenters. The lowest BCUT2D eigenvalue weighted by Crippen LogP contribution is -1.87. The van der Waals surface area contributed by atoms with Gasteiger partial charge in [0.25, 0.3) is 0 Å². The molecule has 0 aliphatic rings. The molecule has 2 aromatic heterocycles. The summed E-state index contributed by atoms with van der Waals surface area (Å²) in [6, 6.07) is 69.7. The van der Waals surface area contributed by atoms with Crippen LogP contribution in [0.2, 0.25) is 0 Å². The van der Waals surface area contributed by atoms with Gasteiger partial charge >= 0.3 is 0 Å². The zero-order chi connectivity index (χ0) is 36.7. The summed E-state index contributed by atoms with van der Waals surface area (Å²) < 4.78 is 13.9. The molecule has 0 atom stereocenters. The van der Waals surface area contributed by atoms with E-state index in [9.17, 15) is 0 Å². The second-order valence-electron chi connectivity index (χ2n) is 14.8. The summed E-state index contributed by atoms with van der Waals surface area (Å²) in [4.78, 5) is 0. The predicted molar refractivity (Wildman–Crippen MR) is 235 cm³/mol. The van der Waals surface area contributed by atoms with Crippen molar-refractivity contribution < 1.29 is 8.83 Å². The topological polar surface area (TPSA) is 26.3 Å². The Labute approximate surface area is 322 Å². The van der Waals surface area contributed by atoms with Crippen LogP contribution < -0.4 is 0 Å². The van der Waals surface area contributed by atoms with Crippen molar-refractivity contribution in [1.82, 2.24) is 0 Å². The Morgan fingerprint density at radius 2 is 0.589 bits per heavy atom. The molecular formula is C54H32O2. The highest BCUT2D eigenvalue weighted by Gasteiger charge is 2.22. The molecule has 12 aromatic rings. The smallest absolute Gasteiger partial charge is 0.179 e. The van der Waals surface area contributed by atoms with Gasteiger partial charge in [-0.2, -0.15) is 0 Å². The second-order valence-corrected chi connectivity index (χ2v) is 14.8. The van der Waals surface area contributed by atoms with E-state index in [0.29, 0.717) is 0 Å². The van der Waals surface area contributed by atoms with E-state index in [2.05, 4.69) is 194 Å². The molecule has 2 heteroatoms. The Bertz CT molecular complexity index is 3280. The van der Waals surface area contributed by atoms with Crippen LogP contribution in [0.15, 0.2) is 203 Å². The highest BCUT2D eigenvalue weighted by molar-refractivity contribution is 6.33. The molecule has 0 saturated carbocycles. The first-order chi connectivity index (χ1) is 27.7. The largest absolute Gasteiger partial charge is 0.452 e. The Balaban J connectivity index is 1.09. The molecule has 0 saturated heterocycles. The third-order valence-electron chi connectivity index (χ3n) is 11.6. The van der Waals surface area contributed by atoms with Gasteiger partial charge in [-0.25, -0.2) is 0 Å². The van der Waals surface area contributed by atoms with Gasteiger partial charge in [0.05, 0.1) is 0 Å². The summed E-state index contributed by atoms with van der Waals surface area (Å²) in [6.45, 7) is 0. The van der Waals surface area contributed by atoms with Crippen molar-refractivity contribution in [3.63, 3.8) is 0 Å². The quantitative estimate of drug-likeness (QED) is 0.182. The second kappa shape index (κ2) is 12.0. The maximum absolute atomic E-state index is 6.94. The van der Waals surface area contributed by atoms with E-state index in [4.69, 9.17) is 8.83 Å². The fraction of sp³-hybridized carbons (Fsp3) is 0. The molecule has 260 valence electrons. The number of hydrogen-bond acceptors (Lipinski definition) is 2. The zero-order valence-electron chi connectivity index (χ0n) is 30.3. The molecule has 0 fully saturated rings. The molecule has 0 radical (unpaired) electrons. The molecule has 2 nitrogen and oxygen atoms in total. The van der Waals surface area contributed by atoms with Gasteiger partial charge in [-0.15, -0.1) is 0 Å². The van der Waals surface area contributed by atoms with Gasteiger partial charge < -0.3 is 8.83 Å². The van der Waals surface area contributed by atoms with Crippen LogP contribution in [0.25, 0.3) is 121 Å². The van der Waals surface area contributed by atoms with Crippen LogP contribution >= 0.6 is 0 Å². The van der Waals surface area contributed by atoms with E-state index in [0.717, 1.165) is 65.8 Å². The van der Waals surface area contributed by atoms with Gasteiger partial charge in [0.15, 0.2) is 11.2 Å². The van der Waals surface area contributed by atoms with Gasteiger partial charge in [-0.05, 0) is 125 Å². The van der Waals surface area contributed by atoms with Gasteiger partial charge in [0.1, 0.15) is 11.2 Å². The van der Waals surface area contributed by atoms with Crippen molar-refractivity contribution in [3.8, 4) is 44.5 Å². The first kappa shape index (κ1) is 31.0. The van der Waals surface area contributed by atoms with Crippen molar-refractivity contribution in [3.05, 3.63) is 194 Å². The highest BCUT2D eigenvalue weighted by Crippen LogP contribution is 2.47. The Morgan fingerprint density at radius 3 is 0.982 bits per heavy atom. The average molecular weight is 713 g/mol. The minimum absolute atomic E-state index is 0.779. The lowest BCUT2D eigenvalue weighted by molar-refractivity contribution is 0.634. The lowest BCUT2D eigenvalue weighted by atomic mass is 9.90. The monoisotopic (exact) mass is 712 g/mol. The maximum Gasteiger partial charge on any atom is 0.179 e. The van der Waals surface area contributed by atoms with Crippen molar-refractivity contribution in [2.75, 3.05) is 0 Å². The van der Waals surface area contributed by atoms with E-state index < -0.39 is 0 Å². The van der Waals surface area contributed by atoms with Crippen LogP contribution in [0.1, 0.15) is 0 Å². The van der Waals surface area contributed by atoms with E-state index in [1.807, 2.05) is 0 Å². The third kappa shape index (κ3) is 4.69. The van der Waals surface area contributed by atoms with E-state index in [1.165, 1.54) is 54.9 Å². The van der Waals surface area contributed by atoms with Crippen LogP contribution in [-0.2, 0) is 0 Å². The molecule has 12 rings (SSSR count). The lowest BCUT2D eigenvalue weighted by Gasteiger charge is -2.13. The van der Waals surface area contributed by atoms with Crippen molar-refractivity contribution in [2.24, 2.45) is 0 Å². The summed E-state index contributed by atoms with van der Waals surface area (Å²) in [5, 5.41) is 11.5. The number of hydrogen-bond donors (Lipinski definition) is 0. The molecule has 0 spiro atoms. The number of benzene rings is 10. The Kier molecular flexibility index (Phi) is 6.66. The maximum atomic E-state index is 6.94. The summed E-state index contributed by atoms with van der Waals surface area (Å²) in [7, 11) is 0. The summed E-state index contributed by atoms with van der Waals surface area (Å²) >= 11 is 0. The van der Waals surface area contributed by atoms with Crippen molar-refractivity contribution in [1.29, 1.82) is 0 Å². The fourth-order valence-electron chi connectivity index (χ4n) is 8.97. The normalized spacial score (nSPS) is 11.9. The predicted octanol–water partition coefficient (Wildman–Crippen LogP) is 15.6. The fourth-order valence-corrected chi connectivity index (χ4v) is 8.97. The SMILES string of the molecule is c1ccc(-c2cc3ccccc3cc2-c2ccc3c(c2)oc2c4oc5cc(-c6cc7ccccc7cc6-c6ccccc6)ccc5c4c4ccccc4c32)cc1. The molecule has 0 amide bonds. The van der Waals surface area contributed by atoms with Crippen LogP contribution in [0.5, 0.6) is 0 Å². The molecule has 56 heavy (non-hydrogen) atoms. The van der Waals surface area contributed by atoms with Crippen molar-refractivity contribution >= 4 is 76.2 Å². The number of rotatable bonds is 4. The molecule has 0 aliphatic heterocycles. The van der Waals surface area contributed by atoms with Crippen LogP contribution in [0.4, 0.5) is 0 Å². The van der Waals surface area contributed by atoms with Crippen LogP contribution in [0.3, 0.4) is 0 Å². The van der Waals surface area contributed by atoms with Gasteiger partial charge in [0, 0.05) is 21.5 Å². The van der Waals surface area contributed by atoms with E-state index in [1.54, 1.807) is 0 Å². The molecule has 0 N–H and O–H groups in total. The Hall–Kier alpha value is -7.42. The van der Waals surface area contributed by atoms with E-state index in [-0.39, 0.29) is 0 Å². The minimum atomic E-state index is 0.779. The Morgan fingerprint density at radius 1 is 0.250 bits per heavy atom. The summed E-state index contributed by atoms with van der Waals surface area (Å²) in [6.07, 6.45) is 0. The summed E-state index contributed by atoms with van der Waals surface area (Å²) in [5.74, 6) is 0. The third-order valence-corrected chi connectivity index (χ3v) is 11.6. The molecule has 2 heterocycles. The van der Waals surface area contributed by atoms with Gasteiger partial charge in [-0.3, -0.25) is 0 Å². The van der Waals surface area contributed by atoms with Crippen molar-refractivity contribution in [2.45, 2.75) is 0 Å². The average Bonchev–Trinajstić information content (AvgIpc) is 3.85. The first-order valence-electron chi connectivity index (χ1n) is 19.2. The number of furan rings is 2. The zero-order valence-corrected chi connectivity index (χ0v) is 30.3. The first-order valence-corrected chi connectivity index (χ1v) is 19.2. The van der Waals surface area contributed by atoms with E-state index >= 15 is 0 Å². The summed E-state index contributed by atoms with van der Waals surface area (Å²) in [5.41, 5.74) is 12.6. The van der Waals surface area contributed by atoms with Gasteiger partial charge in [0.2, 0.25) is 0 Å². The highest BCUT2D eigenvalue weighted by atomic mass is 16.4. The molecule has 0 bridgehead atoms.